The number of H-pyrrole nitrogens is 1. The number of carbonyl (C=O) groups excluding carboxylic acids is 1. The van der Waals surface area contributed by atoms with Gasteiger partial charge in [-0.1, -0.05) is 0 Å². The molecule has 1 aromatic carbocycles. The maximum Gasteiger partial charge on any atom is 0.251 e. The number of aryl methyl sites for hydroxylation is 1. The molecule has 0 saturated heterocycles. The number of rotatable bonds is 2. The van der Waals surface area contributed by atoms with Crippen molar-refractivity contribution in [2.45, 2.75) is 26.8 Å². The Kier molecular flexibility index (Phi) is 2.69. The fourth-order valence-corrected chi connectivity index (χ4v) is 1.76. The van der Waals surface area contributed by atoms with Gasteiger partial charge in [-0.05, 0) is 45.0 Å². The van der Waals surface area contributed by atoms with Gasteiger partial charge in [0.15, 0.2) is 0 Å². The van der Waals surface area contributed by atoms with Crippen molar-refractivity contribution in [1.29, 1.82) is 0 Å². The molecule has 0 aliphatic rings. The molecule has 0 unspecified atom stereocenters. The van der Waals surface area contributed by atoms with Gasteiger partial charge in [0, 0.05) is 28.2 Å². The van der Waals surface area contributed by atoms with Gasteiger partial charge in [0.2, 0.25) is 0 Å². The second-order valence-corrected chi connectivity index (χ2v) is 4.38. The number of carbonyl (C=O) groups is 1. The van der Waals surface area contributed by atoms with Crippen LogP contribution in [0.5, 0.6) is 0 Å². The van der Waals surface area contributed by atoms with Crippen LogP contribution in [0.1, 0.15) is 29.9 Å². The third-order valence-electron chi connectivity index (χ3n) is 2.44. The van der Waals surface area contributed by atoms with Crippen molar-refractivity contribution in [3.63, 3.8) is 0 Å². The largest absolute Gasteiger partial charge is 0.359 e. The van der Waals surface area contributed by atoms with E-state index in [-0.39, 0.29) is 11.9 Å². The highest BCUT2D eigenvalue weighted by atomic mass is 16.1. The third kappa shape index (κ3) is 2.08. The Morgan fingerprint density at radius 1 is 1.31 bits per heavy atom. The standard InChI is InChI=1S/C13H16N2O/c1-8(2)14-13(16)10-4-5-12-11(7-10)6-9(3)15-12/h4-8,15H,1-3H3,(H,14,16). The molecule has 0 saturated carbocycles. The zero-order chi connectivity index (χ0) is 11.7. The number of fused-ring (bicyclic) bond motifs is 1. The first-order valence-electron chi connectivity index (χ1n) is 5.46. The van der Waals surface area contributed by atoms with Crippen LogP contribution < -0.4 is 5.32 Å². The van der Waals surface area contributed by atoms with Crippen molar-refractivity contribution >= 4 is 16.8 Å². The lowest BCUT2D eigenvalue weighted by Gasteiger charge is -2.07. The Bertz CT molecular complexity index is 526. The maximum atomic E-state index is 11.8. The molecule has 2 rings (SSSR count). The molecule has 0 aliphatic carbocycles. The van der Waals surface area contributed by atoms with Crippen LogP contribution in [0, 0.1) is 6.92 Å². The first-order valence-corrected chi connectivity index (χ1v) is 5.46. The van der Waals surface area contributed by atoms with E-state index in [1.807, 2.05) is 45.0 Å². The summed E-state index contributed by atoms with van der Waals surface area (Å²) in [6.07, 6.45) is 0. The molecule has 0 bridgehead atoms. The van der Waals surface area contributed by atoms with Gasteiger partial charge in [0.1, 0.15) is 0 Å². The topological polar surface area (TPSA) is 44.9 Å². The SMILES string of the molecule is Cc1cc2cc(C(=O)NC(C)C)ccc2[nH]1. The molecular formula is C13H16N2O. The third-order valence-corrected chi connectivity index (χ3v) is 2.44. The second kappa shape index (κ2) is 4.00. The van der Waals surface area contributed by atoms with Crippen LogP contribution in [0.15, 0.2) is 24.3 Å². The van der Waals surface area contributed by atoms with Crippen LogP contribution in [0.4, 0.5) is 0 Å². The predicted octanol–water partition coefficient (Wildman–Crippen LogP) is 2.61. The van der Waals surface area contributed by atoms with E-state index in [2.05, 4.69) is 10.3 Å². The molecule has 84 valence electrons. The molecule has 16 heavy (non-hydrogen) atoms. The van der Waals surface area contributed by atoms with Gasteiger partial charge in [-0.2, -0.15) is 0 Å². The minimum Gasteiger partial charge on any atom is -0.359 e. The molecule has 2 N–H and O–H groups in total. The molecule has 1 aromatic heterocycles. The average Bonchev–Trinajstić information content (AvgIpc) is 2.55. The minimum absolute atomic E-state index is 0.0178. The molecule has 3 nitrogen and oxygen atoms in total. The van der Waals surface area contributed by atoms with Gasteiger partial charge in [-0.15, -0.1) is 0 Å². The first-order chi connectivity index (χ1) is 7.56. The fraction of sp³-hybridized carbons (Fsp3) is 0.308. The zero-order valence-corrected chi connectivity index (χ0v) is 9.79. The van der Waals surface area contributed by atoms with Crippen molar-refractivity contribution in [2.24, 2.45) is 0 Å². The molecule has 0 atom stereocenters. The van der Waals surface area contributed by atoms with Crippen LogP contribution in [0.2, 0.25) is 0 Å². The summed E-state index contributed by atoms with van der Waals surface area (Å²) >= 11 is 0. The fourth-order valence-electron chi connectivity index (χ4n) is 1.76. The van der Waals surface area contributed by atoms with E-state index >= 15 is 0 Å². The van der Waals surface area contributed by atoms with E-state index in [1.165, 1.54) is 0 Å². The van der Waals surface area contributed by atoms with Crippen molar-refractivity contribution in [1.82, 2.24) is 10.3 Å². The molecule has 1 heterocycles. The van der Waals surface area contributed by atoms with E-state index in [4.69, 9.17) is 0 Å². The highest BCUT2D eigenvalue weighted by Crippen LogP contribution is 2.16. The Balaban J connectivity index is 2.35. The summed E-state index contributed by atoms with van der Waals surface area (Å²) in [7, 11) is 0. The Morgan fingerprint density at radius 2 is 2.06 bits per heavy atom. The van der Waals surface area contributed by atoms with Crippen molar-refractivity contribution in [2.75, 3.05) is 0 Å². The predicted molar refractivity (Wildman–Crippen MR) is 65.6 cm³/mol. The normalized spacial score (nSPS) is 11.0. The summed E-state index contributed by atoms with van der Waals surface area (Å²) in [6, 6.07) is 7.90. The number of aromatic nitrogens is 1. The zero-order valence-electron chi connectivity index (χ0n) is 9.79. The van der Waals surface area contributed by atoms with Crippen LogP contribution in [-0.4, -0.2) is 16.9 Å². The quantitative estimate of drug-likeness (QED) is 0.796. The molecule has 3 heteroatoms. The summed E-state index contributed by atoms with van der Waals surface area (Å²) in [4.78, 5) is 15.0. The summed E-state index contributed by atoms with van der Waals surface area (Å²) < 4.78 is 0. The monoisotopic (exact) mass is 216 g/mol. The van der Waals surface area contributed by atoms with Gasteiger partial charge in [0.05, 0.1) is 0 Å². The number of hydrogen-bond acceptors (Lipinski definition) is 1. The minimum atomic E-state index is -0.0178. The van der Waals surface area contributed by atoms with E-state index in [0.29, 0.717) is 5.56 Å². The highest BCUT2D eigenvalue weighted by molar-refractivity contribution is 5.98. The molecular weight excluding hydrogens is 200 g/mol. The number of nitrogens with one attached hydrogen (secondary N) is 2. The first kappa shape index (κ1) is 10.7. The van der Waals surface area contributed by atoms with Gasteiger partial charge in [-0.3, -0.25) is 4.79 Å². The van der Waals surface area contributed by atoms with Crippen molar-refractivity contribution < 1.29 is 4.79 Å². The van der Waals surface area contributed by atoms with Crippen molar-refractivity contribution in [3.05, 3.63) is 35.5 Å². The number of hydrogen-bond donors (Lipinski definition) is 2. The molecule has 0 aliphatic heterocycles. The Labute approximate surface area is 94.9 Å². The number of amides is 1. The lowest BCUT2D eigenvalue weighted by Crippen LogP contribution is -2.29. The lowest BCUT2D eigenvalue weighted by atomic mass is 10.1. The number of benzene rings is 1. The molecule has 0 spiro atoms. The van der Waals surface area contributed by atoms with Crippen LogP contribution >= 0.6 is 0 Å². The van der Waals surface area contributed by atoms with E-state index in [1.54, 1.807) is 0 Å². The summed E-state index contributed by atoms with van der Waals surface area (Å²) in [6.45, 7) is 5.92. The van der Waals surface area contributed by atoms with Crippen molar-refractivity contribution in [3.8, 4) is 0 Å². The van der Waals surface area contributed by atoms with E-state index in [9.17, 15) is 4.79 Å². The molecule has 0 radical (unpaired) electrons. The maximum absolute atomic E-state index is 11.8. The average molecular weight is 216 g/mol. The highest BCUT2D eigenvalue weighted by Gasteiger charge is 2.08. The molecule has 0 fully saturated rings. The summed E-state index contributed by atoms with van der Waals surface area (Å²) in [5.41, 5.74) is 2.88. The van der Waals surface area contributed by atoms with Gasteiger partial charge in [-0.25, -0.2) is 0 Å². The molecule has 1 amide bonds. The lowest BCUT2D eigenvalue weighted by molar-refractivity contribution is 0.0943. The smallest absolute Gasteiger partial charge is 0.251 e. The number of aromatic amines is 1. The molecule has 2 aromatic rings. The van der Waals surface area contributed by atoms with E-state index < -0.39 is 0 Å². The Hall–Kier alpha value is -1.77. The van der Waals surface area contributed by atoms with Gasteiger partial charge < -0.3 is 10.3 Å². The van der Waals surface area contributed by atoms with Gasteiger partial charge in [0.25, 0.3) is 5.91 Å². The second-order valence-electron chi connectivity index (χ2n) is 4.38. The summed E-state index contributed by atoms with van der Waals surface area (Å²) in [5, 5.41) is 3.96. The summed E-state index contributed by atoms with van der Waals surface area (Å²) in [5.74, 6) is -0.0178. The van der Waals surface area contributed by atoms with Gasteiger partial charge >= 0.3 is 0 Å². The van der Waals surface area contributed by atoms with Crippen LogP contribution in [-0.2, 0) is 0 Å². The Morgan fingerprint density at radius 3 is 2.75 bits per heavy atom. The van der Waals surface area contributed by atoms with Crippen LogP contribution in [0.25, 0.3) is 10.9 Å². The van der Waals surface area contributed by atoms with E-state index in [0.717, 1.165) is 16.6 Å². The van der Waals surface area contributed by atoms with Crippen LogP contribution in [0.3, 0.4) is 0 Å².